The average molecular weight is 279 g/mol. The van der Waals surface area contributed by atoms with E-state index in [0.717, 1.165) is 0 Å². The molecule has 0 saturated carbocycles. The third kappa shape index (κ3) is 2.08. The molecule has 104 valence electrons. The molecule has 5 nitrogen and oxygen atoms in total. The van der Waals surface area contributed by atoms with E-state index in [1.54, 1.807) is 41.8 Å². The van der Waals surface area contributed by atoms with Crippen molar-refractivity contribution in [1.29, 1.82) is 0 Å². The Hall–Kier alpha value is -2.95. The fourth-order valence-electron chi connectivity index (χ4n) is 2.46. The van der Waals surface area contributed by atoms with Crippen LogP contribution in [0.15, 0.2) is 53.3 Å². The highest BCUT2D eigenvalue weighted by molar-refractivity contribution is 5.97. The largest absolute Gasteiger partial charge is 0.366 e. The molecule has 1 amide bonds. The van der Waals surface area contributed by atoms with Crippen molar-refractivity contribution < 1.29 is 4.79 Å². The topological polar surface area (TPSA) is 78.0 Å². The molecule has 0 aliphatic carbocycles. The molecule has 0 radical (unpaired) electrons. The Balaban J connectivity index is 2.47. The molecule has 0 atom stereocenters. The number of fused-ring (bicyclic) bond motifs is 1. The Morgan fingerprint density at radius 2 is 1.76 bits per heavy atom. The Labute approximate surface area is 120 Å². The van der Waals surface area contributed by atoms with Crippen LogP contribution in [0, 0.1) is 6.92 Å². The van der Waals surface area contributed by atoms with Crippen LogP contribution < -0.4 is 11.3 Å². The lowest BCUT2D eigenvalue weighted by Gasteiger charge is -2.15. The molecule has 2 N–H and O–H groups in total. The van der Waals surface area contributed by atoms with Crippen molar-refractivity contribution in [2.45, 2.75) is 6.92 Å². The van der Waals surface area contributed by atoms with E-state index in [-0.39, 0.29) is 5.56 Å². The van der Waals surface area contributed by atoms with Gasteiger partial charge in [-0.05, 0) is 31.2 Å². The van der Waals surface area contributed by atoms with E-state index in [9.17, 15) is 9.59 Å². The minimum Gasteiger partial charge on any atom is -0.366 e. The summed E-state index contributed by atoms with van der Waals surface area (Å²) in [7, 11) is 0. The molecule has 21 heavy (non-hydrogen) atoms. The highest BCUT2D eigenvalue weighted by Gasteiger charge is 2.14. The van der Waals surface area contributed by atoms with Crippen LogP contribution >= 0.6 is 0 Å². The van der Waals surface area contributed by atoms with Gasteiger partial charge in [0.05, 0.1) is 22.2 Å². The second kappa shape index (κ2) is 4.86. The number of carbonyl (C=O) groups is 1. The van der Waals surface area contributed by atoms with Gasteiger partial charge in [-0.3, -0.25) is 14.2 Å². The van der Waals surface area contributed by atoms with Crippen LogP contribution in [0.1, 0.15) is 16.2 Å². The van der Waals surface area contributed by atoms with E-state index < -0.39 is 5.91 Å². The molecule has 0 unspecified atom stereocenters. The van der Waals surface area contributed by atoms with E-state index >= 15 is 0 Å². The normalized spacial score (nSPS) is 10.7. The fourth-order valence-corrected chi connectivity index (χ4v) is 2.46. The first-order valence-electron chi connectivity index (χ1n) is 6.47. The second-order valence-corrected chi connectivity index (χ2v) is 4.70. The molecule has 0 saturated heterocycles. The van der Waals surface area contributed by atoms with Gasteiger partial charge in [-0.25, -0.2) is 0 Å². The third-order valence-electron chi connectivity index (χ3n) is 3.37. The highest BCUT2D eigenvalue weighted by atomic mass is 16.1. The Bertz CT molecular complexity index is 913. The van der Waals surface area contributed by atoms with Gasteiger partial charge in [0.2, 0.25) is 0 Å². The summed E-state index contributed by atoms with van der Waals surface area (Å²) in [5.41, 5.74) is 6.86. The summed E-state index contributed by atoms with van der Waals surface area (Å²) in [6.45, 7) is 1.73. The zero-order chi connectivity index (χ0) is 15.0. The predicted molar refractivity (Wildman–Crippen MR) is 80.6 cm³/mol. The number of nitrogens with zero attached hydrogens (tertiary/aromatic N) is 2. The van der Waals surface area contributed by atoms with E-state index in [0.29, 0.717) is 28.0 Å². The monoisotopic (exact) mass is 279 g/mol. The summed E-state index contributed by atoms with van der Waals surface area (Å²) < 4.78 is 1.77. The minimum atomic E-state index is -0.521. The average Bonchev–Trinajstić information content (AvgIpc) is 2.47. The summed E-state index contributed by atoms with van der Waals surface area (Å²) in [6, 6.07) is 14.2. The summed E-state index contributed by atoms with van der Waals surface area (Å²) in [6.07, 6.45) is 0. The molecule has 0 bridgehead atoms. The first-order valence-corrected chi connectivity index (χ1v) is 6.47. The molecule has 0 aliphatic rings. The van der Waals surface area contributed by atoms with Crippen molar-refractivity contribution in [3.8, 4) is 5.69 Å². The quantitative estimate of drug-likeness (QED) is 0.776. The first kappa shape index (κ1) is 13.1. The number of nitrogens with two attached hydrogens (primary N) is 1. The summed E-state index contributed by atoms with van der Waals surface area (Å²) in [4.78, 5) is 27.7. The van der Waals surface area contributed by atoms with Crippen LogP contribution in [0.3, 0.4) is 0 Å². The number of carbonyl (C=O) groups excluding carboxylic acids is 1. The van der Waals surface area contributed by atoms with Gasteiger partial charge in [0.25, 0.3) is 11.5 Å². The van der Waals surface area contributed by atoms with Crippen molar-refractivity contribution in [3.63, 3.8) is 0 Å². The lowest BCUT2D eigenvalue weighted by molar-refractivity contribution is 0.100. The van der Waals surface area contributed by atoms with Gasteiger partial charge in [0.1, 0.15) is 5.82 Å². The standard InChI is InChI=1S/C16H13N3O2/c1-10-18-16(21)12-7-3-5-9-14(12)19(10)13-8-4-2-6-11(13)15(17)20/h2-9H,1H3,(H2,17,20). The molecule has 3 rings (SSSR count). The fraction of sp³-hybridized carbons (Fsp3) is 0.0625. The van der Waals surface area contributed by atoms with Crippen molar-refractivity contribution in [2.75, 3.05) is 0 Å². The summed E-state index contributed by atoms with van der Waals surface area (Å²) in [5, 5.41) is 0.502. The molecule has 0 aliphatic heterocycles. The molecule has 1 heterocycles. The van der Waals surface area contributed by atoms with E-state index in [2.05, 4.69) is 4.98 Å². The molecular formula is C16H13N3O2. The number of primary amides is 1. The number of aryl methyl sites for hydroxylation is 1. The molecular weight excluding hydrogens is 266 g/mol. The first-order chi connectivity index (χ1) is 10.1. The van der Waals surface area contributed by atoms with Gasteiger partial charge in [0, 0.05) is 0 Å². The minimum absolute atomic E-state index is 0.282. The van der Waals surface area contributed by atoms with Gasteiger partial charge >= 0.3 is 0 Å². The van der Waals surface area contributed by atoms with E-state index in [1.165, 1.54) is 0 Å². The molecule has 0 fully saturated rings. The second-order valence-electron chi connectivity index (χ2n) is 4.70. The van der Waals surface area contributed by atoms with E-state index in [1.807, 2.05) is 18.2 Å². The lowest BCUT2D eigenvalue weighted by atomic mass is 10.1. The molecule has 0 spiro atoms. The van der Waals surface area contributed by atoms with Crippen LogP contribution in [0.2, 0.25) is 0 Å². The van der Waals surface area contributed by atoms with Gasteiger partial charge in [-0.15, -0.1) is 0 Å². The molecule has 1 aromatic heterocycles. The smallest absolute Gasteiger partial charge is 0.280 e. The van der Waals surface area contributed by atoms with Crippen LogP contribution in [-0.4, -0.2) is 15.5 Å². The predicted octanol–water partition coefficient (Wildman–Crippen LogP) is 1.79. The summed E-state index contributed by atoms with van der Waals surface area (Å²) >= 11 is 0. The van der Waals surface area contributed by atoms with Crippen molar-refractivity contribution in [1.82, 2.24) is 9.55 Å². The SMILES string of the molecule is Cc1nc(=O)c2ccccc2n1-c1ccccc1C(N)=O. The van der Waals surface area contributed by atoms with Crippen LogP contribution in [0.4, 0.5) is 0 Å². The zero-order valence-electron chi connectivity index (χ0n) is 11.4. The highest BCUT2D eigenvalue weighted by Crippen LogP contribution is 2.20. The maximum absolute atomic E-state index is 12.0. The Morgan fingerprint density at radius 3 is 2.52 bits per heavy atom. The maximum Gasteiger partial charge on any atom is 0.280 e. The van der Waals surface area contributed by atoms with Gasteiger partial charge < -0.3 is 5.73 Å². The molecule has 3 aromatic rings. The van der Waals surface area contributed by atoms with Crippen LogP contribution in [0.5, 0.6) is 0 Å². The Kier molecular flexibility index (Phi) is 3.02. The van der Waals surface area contributed by atoms with Gasteiger partial charge in [-0.1, -0.05) is 24.3 Å². The zero-order valence-corrected chi connectivity index (χ0v) is 11.4. The number of hydrogen-bond acceptors (Lipinski definition) is 3. The van der Waals surface area contributed by atoms with Gasteiger partial charge in [-0.2, -0.15) is 4.98 Å². The Morgan fingerprint density at radius 1 is 1.10 bits per heavy atom. The molecule has 5 heteroatoms. The lowest BCUT2D eigenvalue weighted by Crippen LogP contribution is -2.19. The number of benzene rings is 2. The van der Waals surface area contributed by atoms with Crippen molar-refractivity contribution >= 4 is 16.8 Å². The number of rotatable bonds is 2. The molecule has 2 aromatic carbocycles. The third-order valence-corrected chi connectivity index (χ3v) is 3.37. The van der Waals surface area contributed by atoms with Gasteiger partial charge in [0.15, 0.2) is 0 Å². The summed E-state index contributed by atoms with van der Waals surface area (Å²) in [5.74, 6) is -0.0137. The van der Waals surface area contributed by atoms with Crippen LogP contribution in [0.25, 0.3) is 16.6 Å². The van der Waals surface area contributed by atoms with Crippen molar-refractivity contribution in [2.24, 2.45) is 5.73 Å². The van der Waals surface area contributed by atoms with Crippen molar-refractivity contribution in [3.05, 3.63) is 70.3 Å². The van der Waals surface area contributed by atoms with Crippen LogP contribution in [-0.2, 0) is 0 Å². The van der Waals surface area contributed by atoms with E-state index in [4.69, 9.17) is 5.73 Å². The maximum atomic E-state index is 12.0. The number of aromatic nitrogens is 2. The number of para-hydroxylation sites is 2. The number of hydrogen-bond donors (Lipinski definition) is 1. The number of amides is 1.